The topological polar surface area (TPSA) is 61.8 Å². The molecule has 1 aromatic rings. The fourth-order valence-corrected chi connectivity index (χ4v) is 3.11. The van der Waals surface area contributed by atoms with Crippen LogP contribution in [0.25, 0.3) is 0 Å². The second kappa shape index (κ2) is 11.4. The third-order valence-corrected chi connectivity index (χ3v) is 4.54. The maximum atomic E-state index is 12.4. The molecule has 5 heteroatoms. The van der Waals surface area contributed by atoms with Gasteiger partial charge in [-0.05, 0) is 25.3 Å². The Balaban J connectivity index is 2.01. The molecule has 0 N–H and O–H groups in total. The number of benzene rings is 1. The predicted molar refractivity (Wildman–Crippen MR) is 103 cm³/mol. The lowest BCUT2D eigenvalue weighted by atomic mass is 10.0. The van der Waals surface area contributed by atoms with Crippen LogP contribution in [0.4, 0.5) is 0 Å². The Morgan fingerprint density at radius 2 is 1.74 bits per heavy atom. The van der Waals surface area contributed by atoms with Gasteiger partial charge in [0.25, 0.3) is 0 Å². The van der Waals surface area contributed by atoms with E-state index in [0.29, 0.717) is 6.42 Å². The zero-order chi connectivity index (χ0) is 19.5. The maximum absolute atomic E-state index is 12.4. The molecule has 27 heavy (non-hydrogen) atoms. The van der Waals surface area contributed by atoms with Gasteiger partial charge in [0.05, 0.1) is 6.61 Å². The highest BCUT2D eigenvalue weighted by molar-refractivity contribution is 6.03. The van der Waals surface area contributed by atoms with Gasteiger partial charge in [0.15, 0.2) is 0 Å². The molecule has 0 aromatic heterocycles. The van der Waals surface area contributed by atoms with E-state index in [9.17, 15) is 9.59 Å². The van der Waals surface area contributed by atoms with Gasteiger partial charge in [-0.3, -0.25) is 0 Å². The van der Waals surface area contributed by atoms with Gasteiger partial charge in [-0.2, -0.15) is 0 Å². The van der Waals surface area contributed by atoms with Crippen molar-refractivity contribution in [3.05, 3.63) is 47.2 Å². The summed E-state index contributed by atoms with van der Waals surface area (Å²) in [7, 11) is 0. The molecule has 0 saturated heterocycles. The van der Waals surface area contributed by atoms with E-state index in [2.05, 4.69) is 6.92 Å². The van der Waals surface area contributed by atoms with Crippen LogP contribution in [0.5, 0.6) is 0 Å². The molecule has 1 aromatic carbocycles. The van der Waals surface area contributed by atoms with E-state index in [-0.39, 0.29) is 24.5 Å². The van der Waals surface area contributed by atoms with Crippen molar-refractivity contribution in [2.24, 2.45) is 0 Å². The summed E-state index contributed by atoms with van der Waals surface area (Å²) in [6.45, 7) is 4.37. The number of hydrogen-bond donors (Lipinski definition) is 0. The average Bonchev–Trinajstić information content (AvgIpc) is 2.99. The number of hydrogen-bond acceptors (Lipinski definition) is 5. The molecule has 0 aliphatic carbocycles. The van der Waals surface area contributed by atoms with E-state index in [1.54, 1.807) is 6.92 Å². The lowest BCUT2D eigenvalue weighted by Crippen LogP contribution is -2.20. The minimum atomic E-state index is -0.579. The van der Waals surface area contributed by atoms with Gasteiger partial charge in [-0.15, -0.1) is 0 Å². The normalized spacial score (nSPS) is 16.4. The van der Waals surface area contributed by atoms with Crippen LogP contribution in [-0.4, -0.2) is 24.6 Å². The van der Waals surface area contributed by atoms with Crippen molar-refractivity contribution >= 4 is 11.9 Å². The van der Waals surface area contributed by atoms with Gasteiger partial charge in [0.2, 0.25) is 5.76 Å². The van der Waals surface area contributed by atoms with Crippen molar-refractivity contribution in [1.29, 1.82) is 0 Å². The van der Waals surface area contributed by atoms with E-state index in [0.717, 1.165) is 24.8 Å². The number of cyclic esters (lactones) is 1. The van der Waals surface area contributed by atoms with Crippen molar-refractivity contribution < 1.29 is 23.8 Å². The summed E-state index contributed by atoms with van der Waals surface area (Å²) < 4.78 is 16.2. The molecule has 0 radical (unpaired) electrons. The summed E-state index contributed by atoms with van der Waals surface area (Å²) >= 11 is 0. The second-order valence-electron chi connectivity index (χ2n) is 6.69. The monoisotopic (exact) mass is 374 g/mol. The Bertz CT molecular complexity index is 635. The zero-order valence-corrected chi connectivity index (χ0v) is 16.4. The molecular formula is C22H30O5. The van der Waals surface area contributed by atoms with Crippen molar-refractivity contribution in [2.75, 3.05) is 6.61 Å². The Morgan fingerprint density at radius 1 is 1.04 bits per heavy atom. The highest BCUT2D eigenvalue weighted by atomic mass is 16.6. The molecule has 0 saturated carbocycles. The number of esters is 2. The van der Waals surface area contributed by atoms with Gasteiger partial charge in [-0.1, -0.05) is 69.4 Å². The Morgan fingerprint density at radius 3 is 2.44 bits per heavy atom. The average molecular weight is 374 g/mol. The van der Waals surface area contributed by atoms with Crippen molar-refractivity contribution in [2.45, 2.75) is 71.5 Å². The lowest BCUT2D eigenvalue weighted by molar-refractivity contribution is -0.144. The van der Waals surface area contributed by atoms with Crippen molar-refractivity contribution in [1.82, 2.24) is 0 Å². The van der Waals surface area contributed by atoms with Crippen molar-refractivity contribution in [3.8, 4) is 0 Å². The van der Waals surface area contributed by atoms with Crippen LogP contribution in [-0.2, 0) is 30.4 Å². The van der Waals surface area contributed by atoms with Crippen LogP contribution in [0.2, 0.25) is 0 Å². The third kappa shape index (κ3) is 6.42. The molecule has 2 rings (SSSR count). The first-order valence-electron chi connectivity index (χ1n) is 9.96. The molecular weight excluding hydrogens is 344 g/mol. The molecule has 1 unspecified atom stereocenters. The Hall–Kier alpha value is -2.30. The SMILES string of the molecule is CCCCCCCCC1OC(=O)C(OCc2ccccc2)=C1C(=O)OCC. The number of ether oxygens (including phenoxy) is 3. The van der Waals surface area contributed by atoms with Gasteiger partial charge in [0.1, 0.15) is 18.3 Å². The molecule has 1 heterocycles. The minimum Gasteiger partial charge on any atom is -0.481 e. The number of unbranched alkanes of at least 4 members (excludes halogenated alkanes) is 5. The minimum absolute atomic E-state index is 0.00622. The first-order valence-corrected chi connectivity index (χ1v) is 9.96. The fraction of sp³-hybridized carbons (Fsp3) is 0.545. The van der Waals surface area contributed by atoms with E-state index in [1.807, 2.05) is 30.3 Å². The number of carbonyl (C=O) groups excluding carboxylic acids is 2. The van der Waals surface area contributed by atoms with Crippen LogP contribution >= 0.6 is 0 Å². The van der Waals surface area contributed by atoms with Gasteiger partial charge < -0.3 is 14.2 Å². The van der Waals surface area contributed by atoms with E-state index in [1.165, 1.54) is 19.3 Å². The zero-order valence-electron chi connectivity index (χ0n) is 16.4. The maximum Gasteiger partial charge on any atom is 0.374 e. The largest absolute Gasteiger partial charge is 0.481 e. The number of rotatable bonds is 12. The molecule has 0 bridgehead atoms. The summed E-state index contributed by atoms with van der Waals surface area (Å²) in [5, 5.41) is 0. The van der Waals surface area contributed by atoms with Crippen LogP contribution < -0.4 is 0 Å². The Labute approximate surface area is 161 Å². The lowest BCUT2D eigenvalue weighted by Gasteiger charge is -2.13. The standard InChI is InChI=1S/C22H30O5/c1-3-5-6-7-8-12-15-18-19(21(23)25-4-2)20(22(24)27-18)26-16-17-13-10-9-11-14-17/h9-11,13-14,18H,3-8,12,15-16H2,1-2H3. The fourth-order valence-electron chi connectivity index (χ4n) is 3.11. The summed E-state index contributed by atoms with van der Waals surface area (Å²) in [6, 6.07) is 9.51. The third-order valence-electron chi connectivity index (χ3n) is 4.54. The van der Waals surface area contributed by atoms with Gasteiger partial charge in [0, 0.05) is 0 Å². The van der Waals surface area contributed by atoms with E-state index >= 15 is 0 Å². The van der Waals surface area contributed by atoms with Crippen LogP contribution in [0.3, 0.4) is 0 Å². The molecule has 1 atom stereocenters. The molecule has 1 aliphatic heterocycles. The Kier molecular flexibility index (Phi) is 8.89. The second-order valence-corrected chi connectivity index (χ2v) is 6.69. The smallest absolute Gasteiger partial charge is 0.374 e. The first kappa shape index (κ1) is 21.0. The van der Waals surface area contributed by atoms with Crippen LogP contribution in [0, 0.1) is 0 Å². The van der Waals surface area contributed by atoms with Crippen molar-refractivity contribution in [3.63, 3.8) is 0 Å². The molecule has 5 nitrogen and oxygen atoms in total. The van der Waals surface area contributed by atoms with E-state index in [4.69, 9.17) is 14.2 Å². The summed E-state index contributed by atoms with van der Waals surface area (Å²) in [4.78, 5) is 24.7. The summed E-state index contributed by atoms with van der Waals surface area (Å²) in [5.74, 6) is -1.11. The molecule has 0 fully saturated rings. The molecule has 148 valence electrons. The quantitative estimate of drug-likeness (QED) is 0.392. The molecule has 0 amide bonds. The summed E-state index contributed by atoms with van der Waals surface area (Å²) in [6.07, 6.45) is 6.82. The highest BCUT2D eigenvalue weighted by Crippen LogP contribution is 2.29. The van der Waals surface area contributed by atoms with E-state index < -0.39 is 18.0 Å². The van der Waals surface area contributed by atoms with Gasteiger partial charge >= 0.3 is 11.9 Å². The highest BCUT2D eigenvalue weighted by Gasteiger charge is 2.40. The predicted octanol–water partition coefficient (Wildman–Crippen LogP) is 4.70. The first-order chi connectivity index (χ1) is 13.2. The van der Waals surface area contributed by atoms with Gasteiger partial charge in [-0.25, -0.2) is 9.59 Å². The van der Waals surface area contributed by atoms with Crippen LogP contribution in [0.15, 0.2) is 41.7 Å². The molecule has 1 aliphatic rings. The van der Waals surface area contributed by atoms with Crippen LogP contribution in [0.1, 0.15) is 64.4 Å². The summed E-state index contributed by atoms with van der Waals surface area (Å²) in [5.41, 5.74) is 1.15. The molecule has 0 spiro atoms. The number of carbonyl (C=O) groups is 2.